The van der Waals surface area contributed by atoms with Gasteiger partial charge in [-0.2, -0.15) is 4.98 Å². The van der Waals surface area contributed by atoms with Crippen LogP contribution in [-0.4, -0.2) is 34.1 Å². The van der Waals surface area contributed by atoms with E-state index in [4.69, 9.17) is 16.1 Å². The molecule has 1 saturated heterocycles. The van der Waals surface area contributed by atoms with Crippen molar-refractivity contribution < 1.29 is 9.32 Å². The van der Waals surface area contributed by atoms with Crippen LogP contribution in [-0.2, 0) is 17.8 Å². The van der Waals surface area contributed by atoms with E-state index in [-0.39, 0.29) is 5.91 Å². The van der Waals surface area contributed by atoms with Crippen LogP contribution in [0.2, 0.25) is 5.02 Å². The zero-order valence-electron chi connectivity index (χ0n) is 15.4. The van der Waals surface area contributed by atoms with Crippen LogP contribution in [0.25, 0.3) is 0 Å². The number of hydrogen-bond acceptors (Lipinski definition) is 6. The van der Waals surface area contributed by atoms with Gasteiger partial charge < -0.3 is 14.7 Å². The lowest BCUT2D eigenvalue weighted by Crippen LogP contribution is -2.64. The number of anilines is 1. The SMILES string of the molecule is Cc1nc(N2CC(Cc3ccc(Cl)cc3)(C(=O)NCc3cccnc3)C2)no1. The van der Waals surface area contributed by atoms with Crippen LogP contribution in [0, 0.1) is 12.3 Å². The summed E-state index contributed by atoms with van der Waals surface area (Å²) in [5, 5.41) is 7.69. The number of nitrogens with zero attached hydrogens (tertiary/aromatic N) is 4. The maximum atomic E-state index is 13.1. The first-order chi connectivity index (χ1) is 13.5. The molecule has 3 heterocycles. The van der Waals surface area contributed by atoms with Crippen LogP contribution in [0.15, 0.2) is 53.3 Å². The van der Waals surface area contributed by atoms with E-state index in [2.05, 4.69) is 20.4 Å². The van der Waals surface area contributed by atoms with Crippen molar-refractivity contribution in [2.24, 2.45) is 5.41 Å². The van der Waals surface area contributed by atoms with E-state index in [0.29, 0.717) is 42.9 Å². The lowest BCUT2D eigenvalue weighted by molar-refractivity contribution is -0.132. The number of aromatic nitrogens is 3. The van der Waals surface area contributed by atoms with Crippen LogP contribution in [0.5, 0.6) is 0 Å². The monoisotopic (exact) mass is 397 g/mol. The van der Waals surface area contributed by atoms with Gasteiger partial charge in [-0.15, -0.1) is 0 Å². The second-order valence-electron chi connectivity index (χ2n) is 7.10. The van der Waals surface area contributed by atoms with E-state index in [0.717, 1.165) is 11.1 Å². The number of amides is 1. The fraction of sp³-hybridized carbons (Fsp3) is 0.300. The molecule has 28 heavy (non-hydrogen) atoms. The maximum Gasteiger partial charge on any atom is 0.266 e. The van der Waals surface area contributed by atoms with Crippen molar-refractivity contribution in [3.05, 3.63) is 70.8 Å². The van der Waals surface area contributed by atoms with Crippen LogP contribution < -0.4 is 10.2 Å². The highest BCUT2D eigenvalue weighted by Gasteiger charge is 2.50. The van der Waals surface area contributed by atoms with Gasteiger partial charge in [0.1, 0.15) is 0 Å². The summed E-state index contributed by atoms with van der Waals surface area (Å²) < 4.78 is 5.06. The third-order valence-corrected chi connectivity index (χ3v) is 5.15. The lowest BCUT2D eigenvalue weighted by Gasteiger charge is -2.48. The molecular formula is C20H20ClN5O2. The molecule has 144 valence electrons. The fourth-order valence-electron chi connectivity index (χ4n) is 3.44. The average molecular weight is 398 g/mol. The minimum absolute atomic E-state index is 0.00256. The second-order valence-corrected chi connectivity index (χ2v) is 7.53. The Bertz CT molecular complexity index is 952. The van der Waals surface area contributed by atoms with Gasteiger partial charge in [0, 0.05) is 44.0 Å². The molecule has 3 aromatic rings. The molecule has 8 heteroatoms. The molecule has 1 aromatic carbocycles. The maximum absolute atomic E-state index is 13.1. The van der Waals surface area contributed by atoms with Crippen LogP contribution in [0.4, 0.5) is 5.95 Å². The Morgan fingerprint density at radius 1 is 1.25 bits per heavy atom. The summed E-state index contributed by atoms with van der Waals surface area (Å²) in [4.78, 5) is 23.4. The minimum atomic E-state index is -0.565. The summed E-state index contributed by atoms with van der Waals surface area (Å²) in [6.07, 6.45) is 4.07. The van der Waals surface area contributed by atoms with E-state index in [1.165, 1.54) is 0 Å². The molecule has 0 saturated carbocycles. The molecular weight excluding hydrogens is 378 g/mol. The first-order valence-corrected chi connectivity index (χ1v) is 9.39. The van der Waals surface area contributed by atoms with Crippen LogP contribution in [0.1, 0.15) is 17.0 Å². The average Bonchev–Trinajstić information content (AvgIpc) is 3.10. The number of benzene rings is 1. The highest BCUT2D eigenvalue weighted by atomic mass is 35.5. The highest BCUT2D eigenvalue weighted by Crippen LogP contribution is 2.37. The molecule has 4 rings (SSSR count). The molecule has 1 aliphatic heterocycles. The van der Waals surface area contributed by atoms with Gasteiger partial charge in [0.2, 0.25) is 11.8 Å². The van der Waals surface area contributed by atoms with Gasteiger partial charge in [-0.25, -0.2) is 0 Å². The van der Waals surface area contributed by atoms with E-state index >= 15 is 0 Å². The molecule has 0 radical (unpaired) electrons. The van der Waals surface area contributed by atoms with Crippen molar-refractivity contribution >= 4 is 23.5 Å². The lowest BCUT2D eigenvalue weighted by atomic mass is 9.74. The van der Waals surface area contributed by atoms with E-state index in [1.807, 2.05) is 41.3 Å². The Morgan fingerprint density at radius 2 is 2.04 bits per heavy atom. The molecule has 0 spiro atoms. The topological polar surface area (TPSA) is 84.2 Å². The van der Waals surface area contributed by atoms with Crippen molar-refractivity contribution in [2.75, 3.05) is 18.0 Å². The summed E-state index contributed by atoms with van der Waals surface area (Å²) in [7, 11) is 0. The Labute approximate surface area is 167 Å². The first kappa shape index (κ1) is 18.4. The summed E-state index contributed by atoms with van der Waals surface area (Å²) in [6.45, 7) is 3.23. The number of rotatable bonds is 6. The normalized spacial score (nSPS) is 15.1. The van der Waals surface area contributed by atoms with Gasteiger partial charge in [-0.05, 0) is 40.9 Å². The molecule has 1 fully saturated rings. The van der Waals surface area contributed by atoms with E-state index < -0.39 is 5.41 Å². The summed E-state index contributed by atoms with van der Waals surface area (Å²) in [5.74, 6) is 1.03. The predicted molar refractivity (Wildman–Crippen MR) is 105 cm³/mol. The van der Waals surface area contributed by atoms with Crippen molar-refractivity contribution in [1.82, 2.24) is 20.4 Å². The van der Waals surface area contributed by atoms with Gasteiger partial charge in [0.05, 0.1) is 5.41 Å². The molecule has 1 aliphatic rings. The second kappa shape index (κ2) is 7.59. The van der Waals surface area contributed by atoms with Gasteiger partial charge in [-0.3, -0.25) is 9.78 Å². The number of pyridine rings is 1. The van der Waals surface area contributed by atoms with Crippen molar-refractivity contribution in [2.45, 2.75) is 19.9 Å². The predicted octanol–water partition coefficient (Wildman–Crippen LogP) is 2.79. The van der Waals surface area contributed by atoms with Crippen molar-refractivity contribution in [3.8, 4) is 0 Å². The molecule has 1 amide bonds. The number of halogens is 1. The largest absolute Gasteiger partial charge is 0.351 e. The van der Waals surface area contributed by atoms with E-state index in [1.54, 1.807) is 19.3 Å². The third kappa shape index (κ3) is 3.84. The number of hydrogen-bond donors (Lipinski definition) is 1. The van der Waals surface area contributed by atoms with Crippen molar-refractivity contribution in [1.29, 1.82) is 0 Å². The Kier molecular flexibility index (Phi) is 5.00. The molecule has 0 aliphatic carbocycles. The molecule has 2 aromatic heterocycles. The van der Waals surface area contributed by atoms with Gasteiger partial charge in [0.25, 0.3) is 5.95 Å². The Balaban J connectivity index is 1.50. The third-order valence-electron chi connectivity index (χ3n) is 4.90. The quantitative estimate of drug-likeness (QED) is 0.688. The van der Waals surface area contributed by atoms with E-state index in [9.17, 15) is 4.79 Å². The molecule has 7 nitrogen and oxygen atoms in total. The zero-order valence-corrected chi connectivity index (χ0v) is 16.2. The molecule has 0 unspecified atom stereocenters. The number of carbonyl (C=O) groups excluding carboxylic acids is 1. The number of carbonyl (C=O) groups is 1. The number of aryl methyl sites for hydroxylation is 1. The highest BCUT2D eigenvalue weighted by molar-refractivity contribution is 6.30. The van der Waals surface area contributed by atoms with Crippen LogP contribution >= 0.6 is 11.6 Å². The first-order valence-electron chi connectivity index (χ1n) is 9.01. The van der Waals surface area contributed by atoms with Gasteiger partial charge >= 0.3 is 0 Å². The standard InChI is InChI=1S/C20H20ClN5O2/c1-14-24-19(25-28-14)26-12-20(13-26,9-15-4-6-17(21)7-5-15)18(27)23-11-16-3-2-8-22-10-16/h2-8,10H,9,11-13H2,1H3,(H,23,27). The summed E-state index contributed by atoms with van der Waals surface area (Å²) in [6, 6.07) is 11.4. The van der Waals surface area contributed by atoms with Gasteiger partial charge in [-0.1, -0.05) is 29.8 Å². The minimum Gasteiger partial charge on any atom is -0.351 e. The molecule has 0 atom stereocenters. The molecule has 0 bridgehead atoms. The summed E-state index contributed by atoms with van der Waals surface area (Å²) >= 11 is 6.00. The Morgan fingerprint density at radius 3 is 2.68 bits per heavy atom. The zero-order chi connectivity index (χ0) is 19.6. The van der Waals surface area contributed by atoms with Crippen LogP contribution in [0.3, 0.4) is 0 Å². The molecule has 1 N–H and O–H groups in total. The fourth-order valence-corrected chi connectivity index (χ4v) is 3.57. The smallest absolute Gasteiger partial charge is 0.266 e. The van der Waals surface area contributed by atoms with Crippen molar-refractivity contribution in [3.63, 3.8) is 0 Å². The number of nitrogens with one attached hydrogen (secondary N) is 1. The summed E-state index contributed by atoms with van der Waals surface area (Å²) in [5.41, 5.74) is 1.46. The van der Waals surface area contributed by atoms with Gasteiger partial charge in [0.15, 0.2) is 0 Å². The Hall–Kier alpha value is -2.93.